The van der Waals surface area contributed by atoms with Gasteiger partial charge in [-0.15, -0.1) is 0 Å². The molecule has 0 bridgehead atoms. The molecule has 2 atom stereocenters. The third-order valence-corrected chi connectivity index (χ3v) is 5.10. The van der Waals surface area contributed by atoms with Crippen molar-refractivity contribution in [2.24, 2.45) is 0 Å². The van der Waals surface area contributed by atoms with Gasteiger partial charge in [0.05, 0.1) is 6.42 Å². The Balaban J connectivity index is 2.23. The Morgan fingerprint density at radius 3 is 2.36 bits per heavy atom. The van der Waals surface area contributed by atoms with Gasteiger partial charge in [0.15, 0.2) is 0 Å². The average Bonchev–Trinajstić information content (AvgIpc) is 2.68. The second-order valence-electron chi connectivity index (χ2n) is 6.91. The van der Waals surface area contributed by atoms with Crippen LogP contribution in [-0.4, -0.2) is 28.8 Å². The highest BCUT2D eigenvalue weighted by Crippen LogP contribution is 2.19. The maximum Gasteiger partial charge on any atom is 0.242 e. The van der Waals surface area contributed by atoms with E-state index in [1.54, 1.807) is 25.1 Å². The average molecular weight is 405 g/mol. The molecule has 2 unspecified atom stereocenters. The van der Waals surface area contributed by atoms with Crippen LogP contribution in [0.1, 0.15) is 38.3 Å². The van der Waals surface area contributed by atoms with Crippen molar-refractivity contribution in [1.82, 2.24) is 10.2 Å². The molecule has 2 rings (SSSR count). The topological polar surface area (TPSA) is 49.4 Å². The number of benzene rings is 2. The summed E-state index contributed by atoms with van der Waals surface area (Å²) in [6, 6.07) is 12.4. The summed E-state index contributed by atoms with van der Waals surface area (Å²) in [7, 11) is 0. The lowest BCUT2D eigenvalue weighted by Crippen LogP contribution is -2.49. The molecular weight excluding hydrogens is 379 g/mol. The second-order valence-corrected chi connectivity index (χ2v) is 7.32. The van der Waals surface area contributed by atoms with E-state index < -0.39 is 6.04 Å². The normalized spacial score (nSPS) is 12.9. The number of hydrogen-bond acceptors (Lipinski definition) is 2. The lowest BCUT2D eigenvalue weighted by atomic mass is 10.1. The predicted molar refractivity (Wildman–Crippen MR) is 109 cm³/mol. The van der Waals surface area contributed by atoms with E-state index in [4.69, 9.17) is 11.6 Å². The van der Waals surface area contributed by atoms with Gasteiger partial charge < -0.3 is 10.2 Å². The van der Waals surface area contributed by atoms with Gasteiger partial charge in [0, 0.05) is 17.6 Å². The van der Waals surface area contributed by atoms with Crippen LogP contribution in [0.2, 0.25) is 5.02 Å². The van der Waals surface area contributed by atoms with Crippen molar-refractivity contribution < 1.29 is 14.0 Å². The van der Waals surface area contributed by atoms with E-state index in [2.05, 4.69) is 5.32 Å². The molecule has 0 aliphatic heterocycles. The summed E-state index contributed by atoms with van der Waals surface area (Å²) < 4.78 is 13.1. The summed E-state index contributed by atoms with van der Waals surface area (Å²) in [4.78, 5) is 27.2. The summed E-state index contributed by atoms with van der Waals surface area (Å²) in [6.07, 6.45) is 0.873. The van der Waals surface area contributed by atoms with Gasteiger partial charge in [-0.2, -0.15) is 0 Å². The third-order valence-electron chi connectivity index (χ3n) is 4.74. The zero-order chi connectivity index (χ0) is 20.7. The first-order valence-electron chi connectivity index (χ1n) is 9.39. The van der Waals surface area contributed by atoms with Gasteiger partial charge >= 0.3 is 0 Å². The molecule has 0 saturated heterocycles. The molecule has 150 valence electrons. The Labute approximate surface area is 170 Å². The maximum atomic E-state index is 13.1. The molecule has 2 aromatic carbocycles. The van der Waals surface area contributed by atoms with Gasteiger partial charge in [-0.3, -0.25) is 9.59 Å². The fraction of sp³-hybridized carbons (Fsp3) is 0.364. The molecule has 6 heteroatoms. The summed E-state index contributed by atoms with van der Waals surface area (Å²) in [5.41, 5.74) is 1.45. The van der Waals surface area contributed by atoms with E-state index in [0.717, 1.165) is 12.0 Å². The second kappa shape index (κ2) is 10.2. The van der Waals surface area contributed by atoms with E-state index >= 15 is 0 Å². The van der Waals surface area contributed by atoms with Gasteiger partial charge in [-0.05, 0) is 49.6 Å². The molecule has 0 spiro atoms. The smallest absolute Gasteiger partial charge is 0.242 e. The number of nitrogens with one attached hydrogen (secondary N) is 1. The van der Waals surface area contributed by atoms with Crippen molar-refractivity contribution >= 4 is 23.4 Å². The van der Waals surface area contributed by atoms with Crippen molar-refractivity contribution in [3.05, 3.63) is 70.5 Å². The fourth-order valence-electron chi connectivity index (χ4n) is 2.74. The predicted octanol–water partition coefficient (Wildman–Crippen LogP) is 4.35. The monoisotopic (exact) mass is 404 g/mol. The molecule has 0 aliphatic rings. The van der Waals surface area contributed by atoms with E-state index in [1.807, 2.05) is 32.0 Å². The summed E-state index contributed by atoms with van der Waals surface area (Å²) in [5, 5.41) is 3.46. The molecule has 1 N–H and O–H groups in total. The van der Waals surface area contributed by atoms with Gasteiger partial charge in [-0.25, -0.2) is 4.39 Å². The molecule has 28 heavy (non-hydrogen) atoms. The lowest BCUT2D eigenvalue weighted by molar-refractivity contribution is -0.140. The SMILES string of the molecule is CCC(C)NC(=O)C(C)N(Cc1ccccc1Cl)C(=O)Cc1ccc(F)cc1. The van der Waals surface area contributed by atoms with Crippen LogP contribution >= 0.6 is 11.6 Å². The molecule has 0 fully saturated rings. The third kappa shape index (κ3) is 6.06. The number of nitrogens with zero attached hydrogens (tertiary/aromatic N) is 1. The van der Waals surface area contributed by atoms with Gasteiger partial charge in [0.2, 0.25) is 11.8 Å². The van der Waals surface area contributed by atoms with Crippen molar-refractivity contribution in [1.29, 1.82) is 0 Å². The standard InChI is InChI=1S/C22H26ClFN2O2/c1-4-15(2)25-22(28)16(3)26(14-18-7-5-6-8-20(18)23)21(27)13-17-9-11-19(24)12-10-17/h5-12,15-16H,4,13-14H2,1-3H3,(H,25,28). The van der Waals surface area contributed by atoms with E-state index in [9.17, 15) is 14.0 Å². The van der Waals surface area contributed by atoms with E-state index in [-0.39, 0.29) is 36.6 Å². The Hall–Kier alpha value is -2.40. The first-order valence-corrected chi connectivity index (χ1v) is 9.77. The maximum absolute atomic E-state index is 13.1. The Kier molecular flexibility index (Phi) is 8.00. The van der Waals surface area contributed by atoms with E-state index in [0.29, 0.717) is 10.6 Å². The highest BCUT2D eigenvalue weighted by molar-refractivity contribution is 6.31. The molecular formula is C22H26ClFN2O2. The van der Waals surface area contributed by atoms with Gasteiger partial charge in [0.25, 0.3) is 0 Å². The number of halogens is 2. The Morgan fingerprint density at radius 2 is 1.75 bits per heavy atom. The van der Waals surface area contributed by atoms with Gasteiger partial charge in [-0.1, -0.05) is 48.9 Å². The molecule has 4 nitrogen and oxygen atoms in total. The number of carbonyl (C=O) groups excluding carboxylic acids is 2. The Bertz CT molecular complexity index is 810. The molecule has 2 aromatic rings. The van der Waals surface area contributed by atoms with Crippen molar-refractivity contribution in [2.75, 3.05) is 0 Å². The van der Waals surface area contributed by atoms with Crippen molar-refractivity contribution in [3.8, 4) is 0 Å². The summed E-state index contributed by atoms with van der Waals surface area (Å²) in [5.74, 6) is -0.794. The minimum atomic E-state index is -0.668. The van der Waals surface area contributed by atoms with Crippen LogP contribution in [0.4, 0.5) is 4.39 Å². The Morgan fingerprint density at radius 1 is 1.11 bits per heavy atom. The van der Waals surface area contributed by atoms with Crippen LogP contribution in [0.3, 0.4) is 0 Å². The number of amides is 2. The zero-order valence-electron chi connectivity index (χ0n) is 16.4. The van der Waals surface area contributed by atoms with Crippen LogP contribution in [0, 0.1) is 5.82 Å². The molecule has 0 saturated carbocycles. The summed E-state index contributed by atoms with van der Waals surface area (Å²) in [6.45, 7) is 5.83. The van der Waals surface area contributed by atoms with Crippen LogP contribution in [0.15, 0.2) is 48.5 Å². The van der Waals surface area contributed by atoms with Crippen molar-refractivity contribution in [2.45, 2.75) is 52.2 Å². The van der Waals surface area contributed by atoms with Crippen LogP contribution in [0.5, 0.6) is 0 Å². The zero-order valence-corrected chi connectivity index (χ0v) is 17.2. The number of hydrogen-bond donors (Lipinski definition) is 1. The molecule has 0 aliphatic carbocycles. The van der Waals surface area contributed by atoms with Gasteiger partial charge in [0.1, 0.15) is 11.9 Å². The van der Waals surface area contributed by atoms with Crippen LogP contribution < -0.4 is 5.32 Å². The fourth-order valence-corrected chi connectivity index (χ4v) is 2.93. The largest absolute Gasteiger partial charge is 0.352 e. The van der Waals surface area contributed by atoms with Crippen LogP contribution in [-0.2, 0) is 22.6 Å². The molecule has 0 heterocycles. The number of carbonyl (C=O) groups is 2. The highest BCUT2D eigenvalue weighted by atomic mass is 35.5. The molecule has 2 amide bonds. The molecule has 0 aromatic heterocycles. The quantitative estimate of drug-likeness (QED) is 0.710. The summed E-state index contributed by atoms with van der Waals surface area (Å²) >= 11 is 6.26. The number of rotatable bonds is 8. The lowest BCUT2D eigenvalue weighted by Gasteiger charge is -2.30. The minimum absolute atomic E-state index is 0.0179. The first-order chi connectivity index (χ1) is 13.3. The minimum Gasteiger partial charge on any atom is -0.352 e. The van der Waals surface area contributed by atoms with E-state index in [1.165, 1.54) is 17.0 Å². The van der Waals surface area contributed by atoms with Crippen molar-refractivity contribution in [3.63, 3.8) is 0 Å². The van der Waals surface area contributed by atoms with Crippen LogP contribution in [0.25, 0.3) is 0 Å². The molecule has 0 radical (unpaired) electrons. The highest BCUT2D eigenvalue weighted by Gasteiger charge is 2.27. The first kappa shape index (κ1) is 21.9.